The molecule has 1 saturated heterocycles. The highest BCUT2D eigenvalue weighted by atomic mass is 31.2. The molecule has 0 amide bonds. The van der Waals surface area contributed by atoms with Gasteiger partial charge in [-0.1, -0.05) is 12.1 Å². The van der Waals surface area contributed by atoms with Crippen LogP contribution in [0.15, 0.2) is 24.3 Å². The van der Waals surface area contributed by atoms with Crippen LogP contribution >= 0.6 is 7.60 Å². The van der Waals surface area contributed by atoms with Gasteiger partial charge >= 0.3 is 13.6 Å². The zero-order valence-corrected chi connectivity index (χ0v) is 15.9. The van der Waals surface area contributed by atoms with Crippen LogP contribution in [-0.4, -0.2) is 56.5 Å². The minimum absolute atomic E-state index is 0.241. The summed E-state index contributed by atoms with van der Waals surface area (Å²) in [6.07, 6.45) is -0.952. The summed E-state index contributed by atoms with van der Waals surface area (Å²) in [7, 11) is -3.45. The molecule has 1 aromatic carbocycles. The molecule has 1 fully saturated rings. The van der Waals surface area contributed by atoms with Crippen LogP contribution in [0.25, 0.3) is 0 Å². The van der Waals surface area contributed by atoms with Crippen molar-refractivity contribution in [3.63, 3.8) is 0 Å². The second kappa shape index (κ2) is 9.34. The molecule has 8 heteroatoms. The van der Waals surface area contributed by atoms with E-state index in [9.17, 15) is 9.36 Å². The van der Waals surface area contributed by atoms with Crippen molar-refractivity contribution in [3.05, 3.63) is 29.8 Å². The lowest BCUT2D eigenvalue weighted by Gasteiger charge is -2.26. The Labute approximate surface area is 148 Å². The Kier molecular flexibility index (Phi) is 7.44. The van der Waals surface area contributed by atoms with Crippen LogP contribution in [0.1, 0.15) is 19.4 Å². The summed E-state index contributed by atoms with van der Waals surface area (Å²) in [5, 5.41) is 0. The Balaban J connectivity index is 1.95. The van der Waals surface area contributed by atoms with Crippen LogP contribution in [0.2, 0.25) is 0 Å². The Morgan fingerprint density at radius 2 is 2.08 bits per heavy atom. The quantitative estimate of drug-likeness (QED) is 0.514. The molecule has 1 aromatic rings. The van der Waals surface area contributed by atoms with Crippen molar-refractivity contribution in [1.29, 1.82) is 0 Å². The number of carbonyl (C=O) groups is 1. The van der Waals surface area contributed by atoms with Crippen molar-refractivity contribution in [2.45, 2.75) is 26.5 Å². The number of ether oxygens (including phenoxy) is 2. The fourth-order valence-electron chi connectivity index (χ4n) is 2.52. The number of carbonyl (C=O) groups excluding carboxylic acids is 1. The van der Waals surface area contributed by atoms with Gasteiger partial charge in [-0.2, -0.15) is 0 Å². The lowest BCUT2D eigenvalue weighted by Crippen LogP contribution is -2.35. The lowest BCUT2D eigenvalue weighted by molar-refractivity contribution is -0.150. The van der Waals surface area contributed by atoms with Crippen LogP contribution in [0, 0.1) is 0 Å². The van der Waals surface area contributed by atoms with E-state index in [0.29, 0.717) is 5.75 Å². The summed E-state index contributed by atoms with van der Waals surface area (Å²) in [6, 6.07) is 7.40. The zero-order valence-electron chi connectivity index (χ0n) is 15.0. The van der Waals surface area contributed by atoms with E-state index in [0.717, 1.165) is 38.4 Å². The van der Waals surface area contributed by atoms with E-state index in [1.54, 1.807) is 13.0 Å². The van der Waals surface area contributed by atoms with Gasteiger partial charge in [0.05, 0.1) is 19.8 Å². The van der Waals surface area contributed by atoms with Crippen LogP contribution in [0.5, 0.6) is 5.75 Å². The van der Waals surface area contributed by atoms with Gasteiger partial charge in [-0.25, -0.2) is 9.36 Å². The third-order valence-electron chi connectivity index (χ3n) is 3.65. The first-order valence-electron chi connectivity index (χ1n) is 8.41. The largest absolute Gasteiger partial charge is 0.464 e. The van der Waals surface area contributed by atoms with Crippen molar-refractivity contribution >= 4 is 13.6 Å². The van der Waals surface area contributed by atoms with E-state index in [2.05, 4.69) is 4.90 Å². The predicted octanol–water partition coefficient (Wildman–Crippen LogP) is 2.69. The fourth-order valence-corrected chi connectivity index (χ4v) is 3.72. The molecule has 2 atom stereocenters. The van der Waals surface area contributed by atoms with E-state index < -0.39 is 19.7 Å². The third kappa shape index (κ3) is 6.78. The lowest BCUT2D eigenvalue weighted by atomic mass is 10.2. The molecule has 1 heterocycles. The average Bonchev–Trinajstić information content (AvgIpc) is 2.55. The molecule has 0 radical (unpaired) electrons. The number of benzene rings is 1. The summed E-state index contributed by atoms with van der Waals surface area (Å²) < 4.78 is 33.5. The second-order valence-electron chi connectivity index (χ2n) is 5.90. The van der Waals surface area contributed by atoms with Gasteiger partial charge in [0.2, 0.25) is 0 Å². The standard InChI is InChI=1S/C17H26NO6P/c1-4-22-17(19)14(2)23-25(3,20)24-16-7-5-6-15(12-16)13-18-8-10-21-11-9-18/h5-7,12,14H,4,8-11,13H2,1-3H3. The van der Waals surface area contributed by atoms with Crippen molar-refractivity contribution in [2.24, 2.45) is 0 Å². The Hall–Kier alpha value is -1.40. The fraction of sp³-hybridized carbons (Fsp3) is 0.588. The summed E-state index contributed by atoms with van der Waals surface area (Å²) in [6.45, 7) is 8.80. The molecule has 2 unspecified atom stereocenters. The van der Waals surface area contributed by atoms with E-state index >= 15 is 0 Å². The zero-order chi connectivity index (χ0) is 18.3. The van der Waals surface area contributed by atoms with Gasteiger partial charge in [0.1, 0.15) is 5.75 Å². The molecule has 0 N–H and O–H groups in total. The molecule has 25 heavy (non-hydrogen) atoms. The van der Waals surface area contributed by atoms with Gasteiger partial charge in [0.15, 0.2) is 6.10 Å². The first-order chi connectivity index (χ1) is 11.9. The number of esters is 1. The highest BCUT2D eigenvalue weighted by Crippen LogP contribution is 2.45. The van der Waals surface area contributed by atoms with Gasteiger partial charge in [-0.3, -0.25) is 9.42 Å². The molecule has 140 valence electrons. The minimum atomic E-state index is -3.45. The van der Waals surface area contributed by atoms with E-state index in [1.807, 2.05) is 18.2 Å². The van der Waals surface area contributed by atoms with E-state index in [-0.39, 0.29) is 6.61 Å². The third-order valence-corrected chi connectivity index (χ3v) is 4.89. The smallest absolute Gasteiger partial charge is 0.376 e. The van der Waals surface area contributed by atoms with Crippen LogP contribution in [0.3, 0.4) is 0 Å². The average molecular weight is 371 g/mol. The first kappa shape index (κ1) is 19.9. The highest BCUT2D eigenvalue weighted by molar-refractivity contribution is 7.53. The molecule has 7 nitrogen and oxygen atoms in total. The van der Waals surface area contributed by atoms with Gasteiger partial charge in [0.25, 0.3) is 0 Å². The molecule has 1 aliphatic heterocycles. The monoisotopic (exact) mass is 371 g/mol. The van der Waals surface area contributed by atoms with E-state index in [4.69, 9.17) is 18.5 Å². The van der Waals surface area contributed by atoms with Crippen LogP contribution in [-0.2, 0) is 29.9 Å². The minimum Gasteiger partial charge on any atom is -0.464 e. The van der Waals surface area contributed by atoms with Gasteiger partial charge in [0, 0.05) is 26.3 Å². The highest BCUT2D eigenvalue weighted by Gasteiger charge is 2.27. The topological polar surface area (TPSA) is 74.3 Å². The van der Waals surface area contributed by atoms with Crippen molar-refractivity contribution < 1.29 is 27.9 Å². The van der Waals surface area contributed by atoms with Gasteiger partial charge in [-0.05, 0) is 31.5 Å². The molecule has 0 bridgehead atoms. The second-order valence-corrected chi connectivity index (χ2v) is 7.83. The predicted molar refractivity (Wildman–Crippen MR) is 93.9 cm³/mol. The van der Waals surface area contributed by atoms with Crippen LogP contribution in [0.4, 0.5) is 0 Å². The molecule has 1 aliphatic rings. The maximum atomic E-state index is 12.5. The number of hydrogen-bond acceptors (Lipinski definition) is 7. The molecule has 0 aromatic heterocycles. The number of nitrogens with zero attached hydrogens (tertiary/aromatic N) is 1. The number of rotatable bonds is 8. The molecule has 0 saturated carbocycles. The summed E-state index contributed by atoms with van der Waals surface area (Å²) in [4.78, 5) is 13.9. The van der Waals surface area contributed by atoms with Crippen LogP contribution < -0.4 is 4.52 Å². The molecular formula is C17H26NO6P. The van der Waals surface area contributed by atoms with Gasteiger partial charge in [-0.15, -0.1) is 0 Å². The maximum Gasteiger partial charge on any atom is 0.376 e. The van der Waals surface area contributed by atoms with Crippen molar-refractivity contribution in [2.75, 3.05) is 39.6 Å². The summed E-state index contributed by atoms with van der Waals surface area (Å²) >= 11 is 0. The first-order valence-corrected chi connectivity index (χ1v) is 10.4. The molecule has 2 rings (SSSR count). The van der Waals surface area contributed by atoms with E-state index in [1.165, 1.54) is 13.6 Å². The van der Waals surface area contributed by atoms with Crippen molar-refractivity contribution in [3.8, 4) is 5.75 Å². The maximum absolute atomic E-state index is 12.5. The molecule has 0 spiro atoms. The Bertz CT molecular complexity index is 617. The SMILES string of the molecule is CCOC(=O)C(C)OP(C)(=O)Oc1cccc(CN2CCOCC2)c1. The Morgan fingerprint density at radius 1 is 1.36 bits per heavy atom. The molecular weight excluding hydrogens is 345 g/mol. The summed E-state index contributed by atoms with van der Waals surface area (Å²) in [5.41, 5.74) is 1.05. The number of morpholine rings is 1. The van der Waals surface area contributed by atoms with Crippen molar-refractivity contribution in [1.82, 2.24) is 4.90 Å². The summed E-state index contributed by atoms with van der Waals surface area (Å²) in [5.74, 6) is -0.109. The number of hydrogen-bond donors (Lipinski definition) is 0. The molecule has 0 aliphatic carbocycles. The van der Waals surface area contributed by atoms with Gasteiger partial charge < -0.3 is 14.0 Å². The normalized spacial score (nSPS) is 19.0. The Morgan fingerprint density at radius 3 is 2.76 bits per heavy atom.